The third-order valence-electron chi connectivity index (χ3n) is 2.60. The summed E-state index contributed by atoms with van der Waals surface area (Å²) < 4.78 is 0. The Morgan fingerprint density at radius 3 is 2.84 bits per heavy atom. The predicted molar refractivity (Wildman–Crippen MR) is 72.6 cm³/mol. The average Bonchev–Trinajstić information content (AvgIpc) is 2.37. The van der Waals surface area contributed by atoms with Gasteiger partial charge in [-0.25, -0.2) is 9.78 Å². The second-order valence-corrected chi connectivity index (χ2v) is 4.94. The highest BCUT2D eigenvalue weighted by Gasteiger charge is 2.06. The van der Waals surface area contributed by atoms with Crippen LogP contribution in [0, 0.1) is 6.92 Å². The highest BCUT2D eigenvalue weighted by molar-refractivity contribution is 7.98. The number of nitrogens with one attached hydrogen (secondary N) is 1. The number of rotatable bonds is 4. The first-order valence-corrected chi connectivity index (χ1v) is 6.56. The van der Waals surface area contributed by atoms with Gasteiger partial charge >= 0.3 is 5.97 Å². The average molecular weight is 276 g/mol. The van der Waals surface area contributed by atoms with E-state index in [1.807, 2.05) is 6.92 Å². The van der Waals surface area contributed by atoms with Crippen molar-refractivity contribution in [3.05, 3.63) is 57.5 Å². The zero-order chi connectivity index (χ0) is 13.8. The summed E-state index contributed by atoms with van der Waals surface area (Å²) in [5, 5.41) is 9.43. The molecule has 0 aliphatic carbocycles. The first-order chi connectivity index (χ1) is 9.06. The number of aromatic nitrogens is 2. The van der Waals surface area contributed by atoms with Crippen molar-refractivity contribution >= 4 is 17.7 Å². The number of H-pyrrole nitrogens is 1. The molecule has 0 bridgehead atoms. The maximum absolute atomic E-state index is 11.1. The van der Waals surface area contributed by atoms with Crippen LogP contribution < -0.4 is 5.56 Å². The van der Waals surface area contributed by atoms with Crippen LogP contribution in [0.2, 0.25) is 0 Å². The molecule has 1 aromatic carbocycles. The molecule has 0 fully saturated rings. The maximum atomic E-state index is 11.1. The van der Waals surface area contributed by atoms with Crippen molar-refractivity contribution in [2.45, 2.75) is 17.8 Å². The Bertz CT molecular complexity index is 667. The summed E-state index contributed by atoms with van der Waals surface area (Å²) in [5.41, 5.74) is 2.01. The summed E-state index contributed by atoms with van der Waals surface area (Å²) in [7, 11) is 0. The van der Waals surface area contributed by atoms with Crippen LogP contribution in [0.25, 0.3) is 0 Å². The molecule has 19 heavy (non-hydrogen) atoms. The molecule has 0 spiro atoms. The number of thioether (sulfide) groups is 1. The summed E-state index contributed by atoms with van der Waals surface area (Å²) in [6.07, 6.45) is 1.46. The monoisotopic (exact) mass is 276 g/mol. The van der Waals surface area contributed by atoms with Crippen LogP contribution in [0.5, 0.6) is 0 Å². The Morgan fingerprint density at radius 1 is 1.42 bits per heavy atom. The van der Waals surface area contributed by atoms with E-state index in [2.05, 4.69) is 9.97 Å². The predicted octanol–water partition coefficient (Wildman–Crippen LogP) is 2.07. The molecule has 0 radical (unpaired) electrons. The molecule has 0 saturated carbocycles. The fourth-order valence-electron chi connectivity index (χ4n) is 1.56. The molecular formula is C13H12N2O3S. The number of nitrogens with zero attached hydrogens (tertiary/aromatic N) is 1. The molecule has 0 amide bonds. The lowest BCUT2D eigenvalue weighted by atomic mass is 10.1. The van der Waals surface area contributed by atoms with Gasteiger partial charge in [0.25, 0.3) is 5.56 Å². The normalized spacial score (nSPS) is 10.4. The molecule has 5 nitrogen and oxygen atoms in total. The minimum atomic E-state index is -0.934. The number of hydrogen-bond acceptors (Lipinski definition) is 4. The summed E-state index contributed by atoms with van der Waals surface area (Å²) in [4.78, 5) is 28.6. The third kappa shape index (κ3) is 3.45. The zero-order valence-electron chi connectivity index (χ0n) is 10.2. The van der Waals surface area contributed by atoms with E-state index in [4.69, 9.17) is 5.11 Å². The third-order valence-corrected chi connectivity index (χ3v) is 3.54. The minimum Gasteiger partial charge on any atom is -0.478 e. The minimum absolute atomic E-state index is 0.185. The quantitative estimate of drug-likeness (QED) is 0.659. The second kappa shape index (κ2) is 5.71. The molecule has 0 aliphatic heterocycles. The van der Waals surface area contributed by atoms with Gasteiger partial charge in [-0.1, -0.05) is 17.8 Å². The van der Waals surface area contributed by atoms with Crippen LogP contribution in [-0.2, 0) is 5.75 Å². The molecule has 1 heterocycles. The SMILES string of the molecule is Cc1cc(C(=O)O)ccc1CSc1nccc(=O)[nH]1. The number of aryl methyl sites for hydroxylation is 1. The highest BCUT2D eigenvalue weighted by atomic mass is 32.2. The largest absolute Gasteiger partial charge is 0.478 e. The molecule has 0 saturated heterocycles. The van der Waals surface area contributed by atoms with Gasteiger partial charge in [0.1, 0.15) is 0 Å². The zero-order valence-corrected chi connectivity index (χ0v) is 11.0. The van der Waals surface area contributed by atoms with E-state index < -0.39 is 5.97 Å². The molecule has 2 N–H and O–H groups in total. The molecule has 0 atom stereocenters. The van der Waals surface area contributed by atoms with Gasteiger partial charge in [-0.05, 0) is 30.2 Å². The van der Waals surface area contributed by atoms with Gasteiger partial charge in [0.05, 0.1) is 5.56 Å². The molecular weight excluding hydrogens is 264 g/mol. The van der Waals surface area contributed by atoms with Crippen LogP contribution in [0.1, 0.15) is 21.5 Å². The van der Waals surface area contributed by atoms with Crippen molar-refractivity contribution in [1.82, 2.24) is 9.97 Å². The van der Waals surface area contributed by atoms with Gasteiger partial charge in [0, 0.05) is 18.0 Å². The lowest BCUT2D eigenvalue weighted by Crippen LogP contribution is -2.05. The van der Waals surface area contributed by atoms with Gasteiger partial charge in [0.2, 0.25) is 0 Å². The molecule has 0 aliphatic rings. The van der Waals surface area contributed by atoms with Crippen molar-refractivity contribution < 1.29 is 9.90 Å². The van der Waals surface area contributed by atoms with Gasteiger partial charge in [-0.2, -0.15) is 0 Å². The second-order valence-electron chi connectivity index (χ2n) is 3.97. The molecule has 2 aromatic rings. The van der Waals surface area contributed by atoms with E-state index in [-0.39, 0.29) is 11.1 Å². The smallest absolute Gasteiger partial charge is 0.335 e. The van der Waals surface area contributed by atoms with Crippen molar-refractivity contribution in [2.75, 3.05) is 0 Å². The van der Waals surface area contributed by atoms with Gasteiger partial charge in [0.15, 0.2) is 5.16 Å². The summed E-state index contributed by atoms with van der Waals surface area (Å²) in [6, 6.07) is 6.36. The van der Waals surface area contributed by atoms with Crippen LogP contribution >= 0.6 is 11.8 Å². The molecule has 1 aromatic heterocycles. The molecule has 98 valence electrons. The summed E-state index contributed by atoms with van der Waals surface area (Å²) in [6.45, 7) is 1.86. The van der Waals surface area contributed by atoms with Crippen LogP contribution in [-0.4, -0.2) is 21.0 Å². The number of carboxylic acids is 1. The van der Waals surface area contributed by atoms with Crippen LogP contribution in [0.3, 0.4) is 0 Å². The lowest BCUT2D eigenvalue weighted by molar-refractivity contribution is 0.0697. The Labute approximate surface area is 113 Å². The van der Waals surface area contributed by atoms with Gasteiger partial charge < -0.3 is 10.1 Å². The Kier molecular flexibility index (Phi) is 4.01. The maximum Gasteiger partial charge on any atom is 0.335 e. The summed E-state index contributed by atoms with van der Waals surface area (Å²) >= 11 is 1.40. The van der Waals surface area contributed by atoms with E-state index in [1.54, 1.807) is 18.2 Å². The van der Waals surface area contributed by atoms with Crippen molar-refractivity contribution in [2.24, 2.45) is 0 Å². The Balaban J connectivity index is 2.12. The van der Waals surface area contributed by atoms with E-state index >= 15 is 0 Å². The standard InChI is InChI=1S/C13H12N2O3S/c1-8-6-9(12(17)18)2-3-10(8)7-19-13-14-5-4-11(16)15-13/h2-6H,7H2,1H3,(H,17,18)(H,14,15,16). The highest BCUT2D eigenvalue weighted by Crippen LogP contribution is 2.21. The number of aromatic carboxylic acids is 1. The molecule has 0 unspecified atom stereocenters. The first kappa shape index (κ1) is 13.4. The first-order valence-electron chi connectivity index (χ1n) is 5.57. The molecule has 2 rings (SSSR count). The summed E-state index contributed by atoms with van der Waals surface area (Å²) in [5.74, 6) is -0.310. The van der Waals surface area contributed by atoms with E-state index in [9.17, 15) is 9.59 Å². The van der Waals surface area contributed by atoms with Gasteiger partial charge in [-0.3, -0.25) is 4.79 Å². The lowest BCUT2D eigenvalue weighted by Gasteiger charge is -2.06. The van der Waals surface area contributed by atoms with Crippen molar-refractivity contribution in [1.29, 1.82) is 0 Å². The van der Waals surface area contributed by atoms with Crippen LogP contribution in [0.4, 0.5) is 0 Å². The number of carbonyl (C=O) groups is 1. The van der Waals surface area contributed by atoms with Crippen LogP contribution in [0.15, 0.2) is 40.4 Å². The van der Waals surface area contributed by atoms with Crippen molar-refractivity contribution in [3.8, 4) is 0 Å². The van der Waals surface area contributed by atoms with E-state index in [1.165, 1.54) is 24.0 Å². The number of carboxylic acid groups (broad SMARTS) is 1. The fraction of sp³-hybridized carbons (Fsp3) is 0.154. The molecule has 6 heteroatoms. The number of hydrogen-bond donors (Lipinski definition) is 2. The number of aromatic amines is 1. The van der Waals surface area contributed by atoms with Crippen molar-refractivity contribution in [3.63, 3.8) is 0 Å². The Morgan fingerprint density at radius 2 is 2.21 bits per heavy atom. The fourth-order valence-corrected chi connectivity index (χ4v) is 2.49. The topological polar surface area (TPSA) is 83.0 Å². The van der Waals surface area contributed by atoms with E-state index in [0.717, 1.165) is 11.1 Å². The number of benzene rings is 1. The van der Waals surface area contributed by atoms with Gasteiger partial charge in [-0.15, -0.1) is 0 Å². The Hall–Kier alpha value is -2.08. The van der Waals surface area contributed by atoms with E-state index in [0.29, 0.717) is 10.9 Å².